The molecule has 1 N–H and O–H groups in total. The van der Waals surface area contributed by atoms with E-state index < -0.39 is 0 Å². The third-order valence-corrected chi connectivity index (χ3v) is 3.32. The van der Waals surface area contributed by atoms with Crippen LogP contribution in [0.4, 0.5) is 0 Å². The van der Waals surface area contributed by atoms with Crippen LogP contribution in [-0.4, -0.2) is 46.7 Å². The zero-order chi connectivity index (χ0) is 13.1. The summed E-state index contributed by atoms with van der Waals surface area (Å²) in [5.41, 5.74) is 0. The third kappa shape index (κ3) is 7.79. The molecule has 0 amide bonds. The average Bonchev–Trinajstić information content (AvgIpc) is 2.77. The number of ether oxygens (including phenoxy) is 3. The molecule has 104 valence electrons. The molecule has 1 aromatic heterocycles. The van der Waals surface area contributed by atoms with Crippen molar-refractivity contribution in [2.45, 2.75) is 13.5 Å². The highest BCUT2D eigenvalue weighted by Crippen LogP contribution is 2.14. The van der Waals surface area contributed by atoms with Gasteiger partial charge in [0.05, 0.1) is 33.0 Å². The summed E-state index contributed by atoms with van der Waals surface area (Å²) in [7, 11) is 1.67. The van der Waals surface area contributed by atoms with Crippen molar-refractivity contribution >= 4 is 11.3 Å². The Hall–Kier alpha value is -0.460. The summed E-state index contributed by atoms with van der Waals surface area (Å²) in [4.78, 5) is 2.73. The van der Waals surface area contributed by atoms with Crippen LogP contribution in [0.1, 0.15) is 9.75 Å². The van der Waals surface area contributed by atoms with E-state index in [2.05, 4.69) is 24.4 Å². The molecule has 0 saturated carbocycles. The van der Waals surface area contributed by atoms with Gasteiger partial charge >= 0.3 is 0 Å². The van der Waals surface area contributed by atoms with Crippen molar-refractivity contribution in [3.05, 3.63) is 21.9 Å². The first-order chi connectivity index (χ1) is 8.83. The summed E-state index contributed by atoms with van der Waals surface area (Å²) in [5, 5.41) is 3.35. The Labute approximate surface area is 113 Å². The van der Waals surface area contributed by atoms with E-state index in [0.717, 1.165) is 19.7 Å². The van der Waals surface area contributed by atoms with Crippen molar-refractivity contribution in [3.63, 3.8) is 0 Å². The maximum Gasteiger partial charge on any atom is 0.0701 e. The second kappa shape index (κ2) is 10.5. The molecule has 0 bridgehead atoms. The zero-order valence-corrected chi connectivity index (χ0v) is 12.1. The molecule has 0 saturated heterocycles. The lowest BCUT2D eigenvalue weighted by molar-refractivity contribution is 0.0255. The number of hydrogen-bond acceptors (Lipinski definition) is 5. The number of rotatable bonds is 11. The van der Waals surface area contributed by atoms with Gasteiger partial charge in [-0.1, -0.05) is 0 Å². The SMILES string of the molecule is COCCOCCOCCNCc1ccc(C)s1. The van der Waals surface area contributed by atoms with E-state index in [0.29, 0.717) is 26.4 Å². The first-order valence-electron chi connectivity index (χ1n) is 6.23. The molecule has 1 aromatic rings. The molecule has 1 rings (SSSR count). The maximum absolute atomic E-state index is 5.43. The van der Waals surface area contributed by atoms with E-state index in [1.807, 2.05) is 11.3 Å². The van der Waals surface area contributed by atoms with Gasteiger partial charge in [0.1, 0.15) is 0 Å². The van der Waals surface area contributed by atoms with Gasteiger partial charge in [0.15, 0.2) is 0 Å². The molecule has 0 aliphatic rings. The van der Waals surface area contributed by atoms with Crippen molar-refractivity contribution in [2.24, 2.45) is 0 Å². The van der Waals surface area contributed by atoms with Gasteiger partial charge in [-0.15, -0.1) is 11.3 Å². The predicted molar refractivity (Wildman–Crippen MR) is 74.3 cm³/mol. The lowest BCUT2D eigenvalue weighted by atomic mass is 10.4. The Morgan fingerprint density at radius 1 is 1.06 bits per heavy atom. The fraction of sp³-hybridized carbons (Fsp3) is 0.692. The number of nitrogens with one attached hydrogen (secondary N) is 1. The molecule has 1 heterocycles. The fourth-order valence-corrected chi connectivity index (χ4v) is 2.26. The second-order valence-corrected chi connectivity index (χ2v) is 5.28. The molecule has 0 aliphatic carbocycles. The molecular formula is C13H23NO3S. The molecule has 0 spiro atoms. The van der Waals surface area contributed by atoms with Gasteiger partial charge in [0, 0.05) is 30.0 Å². The van der Waals surface area contributed by atoms with Crippen molar-refractivity contribution in [3.8, 4) is 0 Å². The molecule has 0 radical (unpaired) electrons. The molecule has 0 unspecified atom stereocenters. The first-order valence-corrected chi connectivity index (χ1v) is 7.05. The van der Waals surface area contributed by atoms with Gasteiger partial charge in [0.25, 0.3) is 0 Å². The highest BCUT2D eigenvalue weighted by molar-refractivity contribution is 7.11. The summed E-state index contributed by atoms with van der Waals surface area (Å²) < 4.78 is 15.6. The lowest BCUT2D eigenvalue weighted by Gasteiger charge is -2.06. The van der Waals surface area contributed by atoms with E-state index in [4.69, 9.17) is 14.2 Å². The Balaban J connectivity index is 1.81. The number of aryl methyl sites for hydroxylation is 1. The maximum atomic E-state index is 5.43. The van der Waals surface area contributed by atoms with Crippen molar-refractivity contribution in [2.75, 3.05) is 46.7 Å². The van der Waals surface area contributed by atoms with Crippen LogP contribution < -0.4 is 5.32 Å². The van der Waals surface area contributed by atoms with Crippen molar-refractivity contribution in [1.29, 1.82) is 0 Å². The smallest absolute Gasteiger partial charge is 0.0701 e. The topological polar surface area (TPSA) is 39.7 Å². The van der Waals surface area contributed by atoms with E-state index in [1.165, 1.54) is 9.75 Å². The number of methoxy groups -OCH3 is 1. The minimum absolute atomic E-state index is 0.632. The van der Waals surface area contributed by atoms with Crippen LogP contribution >= 0.6 is 11.3 Å². The van der Waals surface area contributed by atoms with Crippen LogP contribution in [0.15, 0.2) is 12.1 Å². The first kappa shape index (κ1) is 15.6. The van der Waals surface area contributed by atoms with E-state index in [1.54, 1.807) is 7.11 Å². The zero-order valence-electron chi connectivity index (χ0n) is 11.2. The Kier molecular flexibility index (Phi) is 9.06. The number of hydrogen-bond donors (Lipinski definition) is 1. The fourth-order valence-electron chi connectivity index (χ4n) is 1.40. The standard InChI is InChI=1S/C13H23NO3S/c1-12-3-4-13(18-12)11-14-5-6-16-9-10-17-8-7-15-2/h3-4,14H,5-11H2,1-2H3. The van der Waals surface area contributed by atoms with E-state index in [-0.39, 0.29) is 0 Å². The van der Waals surface area contributed by atoms with E-state index >= 15 is 0 Å². The summed E-state index contributed by atoms with van der Waals surface area (Å²) in [5.74, 6) is 0. The molecule has 0 fully saturated rings. The Bertz CT molecular complexity index is 304. The number of thiophene rings is 1. The summed E-state index contributed by atoms with van der Waals surface area (Å²) >= 11 is 1.83. The average molecular weight is 273 g/mol. The predicted octanol–water partition coefficient (Wildman–Crippen LogP) is 1.83. The summed E-state index contributed by atoms with van der Waals surface area (Å²) in [6.07, 6.45) is 0. The second-order valence-electron chi connectivity index (χ2n) is 3.91. The molecule has 0 atom stereocenters. The largest absolute Gasteiger partial charge is 0.382 e. The summed E-state index contributed by atoms with van der Waals surface area (Å²) in [6, 6.07) is 4.31. The monoisotopic (exact) mass is 273 g/mol. The summed E-state index contributed by atoms with van der Waals surface area (Å²) in [6.45, 7) is 7.19. The lowest BCUT2D eigenvalue weighted by Crippen LogP contribution is -2.20. The highest BCUT2D eigenvalue weighted by atomic mass is 32.1. The Morgan fingerprint density at radius 2 is 1.78 bits per heavy atom. The van der Waals surface area contributed by atoms with Crippen LogP contribution in [0.25, 0.3) is 0 Å². The quantitative estimate of drug-likeness (QED) is 0.624. The normalized spacial score (nSPS) is 11.0. The minimum Gasteiger partial charge on any atom is -0.382 e. The van der Waals surface area contributed by atoms with Crippen molar-refractivity contribution in [1.82, 2.24) is 5.32 Å². The van der Waals surface area contributed by atoms with Crippen LogP contribution in [0.5, 0.6) is 0 Å². The van der Waals surface area contributed by atoms with Crippen molar-refractivity contribution < 1.29 is 14.2 Å². The van der Waals surface area contributed by atoms with Crippen LogP contribution in [0.3, 0.4) is 0 Å². The van der Waals surface area contributed by atoms with Gasteiger partial charge in [-0.2, -0.15) is 0 Å². The molecule has 4 nitrogen and oxygen atoms in total. The van der Waals surface area contributed by atoms with Gasteiger partial charge in [-0.25, -0.2) is 0 Å². The van der Waals surface area contributed by atoms with Gasteiger partial charge in [-0.05, 0) is 19.1 Å². The highest BCUT2D eigenvalue weighted by Gasteiger charge is 1.95. The van der Waals surface area contributed by atoms with Crippen LogP contribution in [0, 0.1) is 6.92 Å². The molecule has 5 heteroatoms. The molecule has 18 heavy (non-hydrogen) atoms. The Morgan fingerprint density at radius 3 is 2.44 bits per heavy atom. The van der Waals surface area contributed by atoms with Crippen LogP contribution in [-0.2, 0) is 20.8 Å². The van der Waals surface area contributed by atoms with Gasteiger partial charge in [0.2, 0.25) is 0 Å². The van der Waals surface area contributed by atoms with Crippen LogP contribution in [0.2, 0.25) is 0 Å². The van der Waals surface area contributed by atoms with E-state index in [9.17, 15) is 0 Å². The van der Waals surface area contributed by atoms with Gasteiger partial charge in [-0.3, -0.25) is 0 Å². The molecule has 0 aromatic carbocycles. The minimum atomic E-state index is 0.632. The third-order valence-electron chi connectivity index (χ3n) is 2.32. The van der Waals surface area contributed by atoms with Gasteiger partial charge < -0.3 is 19.5 Å². The molecule has 0 aliphatic heterocycles. The molecular weight excluding hydrogens is 250 g/mol.